The molecule has 2 bridgehead atoms. The van der Waals surface area contributed by atoms with Crippen LogP contribution < -0.4 is 10.6 Å². The Labute approximate surface area is 178 Å². The van der Waals surface area contributed by atoms with Crippen LogP contribution >= 0.6 is 15.9 Å². The Kier molecular flexibility index (Phi) is 5.51. The van der Waals surface area contributed by atoms with Gasteiger partial charge in [-0.1, -0.05) is 40.2 Å². The first-order valence-corrected chi connectivity index (χ1v) is 10.8. The molecule has 29 heavy (non-hydrogen) atoms. The number of rotatable bonds is 7. The first-order valence-electron chi connectivity index (χ1n) is 10.0. The summed E-state index contributed by atoms with van der Waals surface area (Å²) in [5.74, 6) is -1.08. The van der Waals surface area contributed by atoms with Gasteiger partial charge in [0.1, 0.15) is 0 Å². The molecule has 1 spiro atoms. The molecule has 2 saturated carbocycles. The lowest BCUT2D eigenvalue weighted by Crippen LogP contribution is -2.44. The topological polar surface area (TPSA) is 84.5 Å². The number of nitrogens with one attached hydrogen (secondary N) is 2. The number of halogens is 1. The first kappa shape index (κ1) is 20.1. The average Bonchev–Trinajstić information content (AvgIpc) is 3.39. The SMILES string of the molecule is COC(=O)CCNC(=O)[C@H]1[C@H](C(=O)NCc2ccc(Br)cc2)[C@@H]2C=C[C@H]1C21CC1. The van der Waals surface area contributed by atoms with Crippen molar-refractivity contribution in [2.45, 2.75) is 25.8 Å². The monoisotopic (exact) mass is 460 g/mol. The lowest BCUT2D eigenvalue weighted by molar-refractivity contribution is -0.141. The molecule has 0 saturated heterocycles. The van der Waals surface area contributed by atoms with E-state index >= 15 is 0 Å². The van der Waals surface area contributed by atoms with E-state index in [1.165, 1.54) is 7.11 Å². The lowest BCUT2D eigenvalue weighted by Gasteiger charge is -2.26. The van der Waals surface area contributed by atoms with Crippen LogP contribution in [0.2, 0.25) is 0 Å². The minimum absolute atomic E-state index is 0.0656. The third-order valence-electron chi connectivity index (χ3n) is 6.68. The molecule has 0 heterocycles. The molecular formula is C22H25BrN2O4. The van der Waals surface area contributed by atoms with Gasteiger partial charge in [0.25, 0.3) is 0 Å². The van der Waals surface area contributed by atoms with E-state index in [2.05, 4.69) is 43.5 Å². The van der Waals surface area contributed by atoms with E-state index in [-0.39, 0.29) is 59.8 Å². The van der Waals surface area contributed by atoms with Gasteiger partial charge in [0.15, 0.2) is 0 Å². The van der Waals surface area contributed by atoms with Crippen molar-refractivity contribution < 1.29 is 19.1 Å². The van der Waals surface area contributed by atoms with Gasteiger partial charge in [-0.25, -0.2) is 0 Å². The van der Waals surface area contributed by atoms with Gasteiger partial charge in [-0.3, -0.25) is 14.4 Å². The Morgan fingerprint density at radius 3 is 2.17 bits per heavy atom. The third-order valence-corrected chi connectivity index (χ3v) is 7.21. The zero-order valence-corrected chi connectivity index (χ0v) is 17.9. The van der Waals surface area contributed by atoms with Crippen LogP contribution in [0.3, 0.4) is 0 Å². The Bertz CT molecular complexity index is 847. The van der Waals surface area contributed by atoms with E-state index < -0.39 is 0 Å². The Balaban J connectivity index is 1.44. The van der Waals surface area contributed by atoms with Crippen LogP contribution in [0, 0.1) is 29.1 Å². The van der Waals surface area contributed by atoms with Gasteiger partial charge in [0.05, 0.1) is 25.4 Å². The summed E-state index contributed by atoms with van der Waals surface area (Å²) in [6.45, 7) is 0.663. The molecule has 3 aliphatic rings. The van der Waals surface area contributed by atoms with Crippen LogP contribution in [-0.2, 0) is 25.7 Å². The van der Waals surface area contributed by atoms with Gasteiger partial charge >= 0.3 is 5.97 Å². The van der Waals surface area contributed by atoms with E-state index in [0.717, 1.165) is 22.9 Å². The quantitative estimate of drug-likeness (QED) is 0.483. The van der Waals surface area contributed by atoms with E-state index in [9.17, 15) is 14.4 Å². The molecule has 7 heteroatoms. The highest BCUT2D eigenvalue weighted by Crippen LogP contribution is 2.72. The summed E-state index contributed by atoms with van der Waals surface area (Å²) in [6, 6.07) is 7.81. The average molecular weight is 461 g/mol. The summed E-state index contributed by atoms with van der Waals surface area (Å²) in [6.07, 6.45) is 6.53. The zero-order chi connectivity index (χ0) is 20.6. The van der Waals surface area contributed by atoms with Crippen LogP contribution in [-0.4, -0.2) is 31.4 Å². The molecule has 0 radical (unpaired) electrons. The largest absolute Gasteiger partial charge is 0.469 e. The maximum absolute atomic E-state index is 13.1. The highest BCUT2D eigenvalue weighted by atomic mass is 79.9. The molecule has 154 valence electrons. The van der Waals surface area contributed by atoms with Crippen LogP contribution in [0.25, 0.3) is 0 Å². The number of carbonyl (C=O) groups excluding carboxylic acids is 3. The molecule has 2 amide bonds. The molecule has 1 aromatic carbocycles. The van der Waals surface area contributed by atoms with Crippen molar-refractivity contribution in [3.05, 3.63) is 46.5 Å². The number of ether oxygens (including phenoxy) is 1. The van der Waals surface area contributed by atoms with Crippen LogP contribution in [0.4, 0.5) is 0 Å². The zero-order valence-electron chi connectivity index (χ0n) is 16.3. The van der Waals surface area contributed by atoms with Crippen LogP contribution in [0.5, 0.6) is 0 Å². The van der Waals surface area contributed by atoms with Crippen molar-refractivity contribution in [1.82, 2.24) is 10.6 Å². The van der Waals surface area contributed by atoms with Gasteiger partial charge in [-0.05, 0) is 47.8 Å². The third kappa shape index (κ3) is 3.72. The predicted molar refractivity (Wildman–Crippen MR) is 110 cm³/mol. The van der Waals surface area contributed by atoms with Crippen molar-refractivity contribution in [3.8, 4) is 0 Å². The van der Waals surface area contributed by atoms with Gasteiger partial charge in [-0.2, -0.15) is 0 Å². The highest BCUT2D eigenvalue weighted by molar-refractivity contribution is 9.10. The van der Waals surface area contributed by atoms with Crippen molar-refractivity contribution in [2.75, 3.05) is 13.7 Å². The summed E-state index contributed by atoms with van der Waals surface area (Å²) in [5.41, 5.74) is 1.10. The lowest BCUT2D eigenvalue weighted by atomic mass is 9.81. The second kappa shape index (κ2) is 7.94. The summed E-state index contributed by atoms with van der Waals surface area (Å²) >= 11 is 3.41. The molecular weight excluding hydrogens is 436 g/mol. The van der Waals surface area contributed by atoms with Gasteiger partial charge in [-0.15, -0.1) is 0 Å². The number of benzene rings is 1. The van der Waals surface area contributed by atoms with Crippen molar-refractivity contribution in [2.24, 2.45) is 29.1 Å². The first-order chi connectivity index (χ1) is 14.0. The summed E-state index contributed by atoms with van der Waals surface area (Å²) in [4.78, 5) is 37.4. The molecule has 4 rings (SSSR count). The molecule has 0 aromatic heterocycles. The molecule has 3 aliphatic carbocycles. The molecule has 2 N–H and O–H groups in total. The second-order valence-corrected chi connectivity index (χ2v) is 9.10. The molecule has 1 aromatic rings. The number of esters is 1. The minimum Gasteiger partial charge on any atom is -0.469 e. The number of allylic oxidation sites excluding steroid dienone is 2. The number of carbonyl (C=O) groups is 3. The Hall–Kier alpha value is -2.15. The normalized spacial score (nSPS) is 27.7. The maximum atomic E-state index is 13.1. The van der Waals surface area contributed by atoms with Crippen molar-refractivity contribution >= 4 is 33.7 Å². The van der Waals surface area contributed by atoms with Gasteiger partial charge in [0.2, 0.25) is 11.8 Å². The van der Waals surface area contributed by atoms with E-state index in [1.807, 2.05) is 24.3 Å². The standard InChI is InChI=1S/C22H25BrN2O4/c1-29-17(26)8-11-24-20(27)18-15-6-7-16(22(15)9-10-22)19(18)21(28)25-12-13-2-4-14(23)5-3-13/h2-7,15-16,18-19H,8-12H2,1H3,(H,24,27)(H,25,28)/t15-,16+,18-,19-/m1/s1. The molecule has 2 fully saturated rings. The van der Waals surface area contributed by atoms with Crippen molar-refractivity contribution in [1.29, 1.82) is 0 Å². The summed E-state index contributed by atoms with van der Waals surface area (Å²) in [5, 5.41) is 5.88. The van der Waals surface area contributed by atoms with E-state index in [4.69, 9.17) is 0 Å². The minimum atomic E-state index is -0.380. The van der Waals surface area contributed by atoms with Crippen LogP contribution in [0.15, 0.2) is 40.9 Å². The number of methoxy groups -OCH3 is 1. The molecule has 0 aliphatic heterocycles. The number of amides is 2. The van der Waals surface area contributed by atoms with Crippen LogP contribution in [0.1, 0.15) is 24.8 Å². The molecule has 0 unspecified atom stereocenters. The fourth-order valence-electron chi connectivity index (χ4n) is 5.13. The summed E-state index contributed by atoms with van der Waals surface area (Å²) < 4.78 is 5.61. The number of hydrogen-bond donors (Lipinski definition) is 2. The van der Waals surface area contributed by atoms with Gasteiger partial charge < -0.3 is 15.4 Å². The number of hydrogen-bond acceptors (Lipinski definition) is 4. The summed E-state index contributed by atoms with van der Waals surface area (Å²) in [7, 11) is 1.33. The fraction of sp³-hybridized carbons (Fsp3) is 0.500. The molecule has 4 atom stereocenters. The van der Waals surface area contributed by atoms with E-state index in [0.29, 0.717) is 6.54 Å². The smallest absolute Gasteiger partial charge is 0.307 e. The highest BCUT2D eigenvalue weighted by Gasteiger charge is 2.69. The fourth-order valence-corrected chi connectivity index (χ4v) is 5.39. The predicted octanol–water partition coefficient (Wildman–Crippen LogP) is 2.57. The molecule has 6 nitrogen and oxygen atoms in total. The second-order valence-electron chi connectivity index (χ2n) is 8.18. The Morgan fingerprint density at radius 1 is 1.03 bits per heavy atom. The Morgan fingerprint density at radius 2 is 1.62 bits per heavy atom. The maximum Gasteiger partial charge on any atom is 0.307 e. The van der Waals surface area contributed by atoms with Crippen molar-refractivity contribution in [3.63, 3.8) is 0 Å². The van der Waals surface area contributed by atoms with Gasteiger partial charge in [0, 0.05) is 17.6 Å². The van der Waals surface area contributed by atoms with E-state index in [1.54, 1.807) is 0 Å².